The molecule has 1 atom stereocenters. The molecule has 0 saturated carbocycles. The van der Waals surface area contributed by atoms with Crippen molar-refractivity contribution < 1.29 is 42.6 Å². The van der Waals surface area contributed by atoms with Crippen LogP contribution in [0.5, 0.6) is 0 Å². The van der Waals surface area contributed by atoms with Crippen LogP contribution in [0.1, 0.15) is 6.92 Å². The third-order valence-electron chi connectivity index (χ3n) is 3.48. The van der Waals surface area contributed by atoms with Gasteiger partial charge >= 0.3 is 0 Å². The van der Waals surface area contributed by atoms with Crippen LogP contribution in [0, 0.1) is 0 Å². The van der Waals surface area contributed by atoms with Crippen LogP contribution in [0.2, 0.25) is 0 Å². The first-order valence-corrected chi connectivity index (χ1v) is 9.50. The van der Waals surface area contributed by atoms with Crippen molar-refractivity contribution in [1.29, 1.82) is 0 Å². The summed E-state index contributed by atoms with van der Waals surface area (Å²) in [7, 11) is 1.65. The Morgan fingerprint density at radius 3 is 1.15 bits per heavy atom. The summed E-state index contributed by atoms with van der Waals surface area (Å²) >= 11 is 0. The number of methoxy groups -OCH3 is 1. The normalized spacial score (nSPS) is 18.9. The van der Waals surface area contributed by atoms with Crippen LogP contribution in [-0.4, -0.2) is 112 Å². The summed E-state index contributed by atoms with van der Waals surface area (Å²) in [4.78, 5) is 0. The summed E-state index contributed by atoms with van der Waals surface area (Å²) in [5.41, 5.74) is 0. The van der Waals surface area contributed by atoms with Crippen molar-refractivity contribution >= 4 is 0 Å². The molecule has 0 N–H and O–H groups in total. The molecule has 0 amide bonds. The summed E-state index contributed by atoms with van der Waals surface area (Å²) in [6.07, 6.45) is 0. The van der Waals surface area contributed by atoms with Crippen LogP contribution in [-0.2, 0) is 42.6 Å². The SMILES string of the molecule is COCCOCCOCCOCCOCCOCCOCCOC1(C)CO1. The fourth-order valence-electron chi connectivity index (χ4n) is 1.85. The highest BCUT2D eigenvalue weighted by atomic mass is 16.8. The molecule has 162 valence electrons. The number of hydrogen-bond donors (Lipinski definition) is 0. The standard InChI is InChI=1S/C18H36O9/c1-18(17-27-18)26-16-15-25-14-13-24-12-11-23-10-9-22-8-7-21-6-5-20-4-3-19-2/h3-17H2,1-2H3. The molecule has 0 aromatic rings. The summed E-state index contributed by atoms with van der Waals surface area (Å²) in [6, 6.07) is 0. The molecule has 0 spiro atoms. The molecule has 0 bridgehead atoms. The minimum atomic E-state index is -0.368. The lowest BCUT2D eigenvalue weighted by Crippen LogP contribution is -2.17. The molecule has 1 aliphatic heterocycles. The third-order valence-corrected chi connectivity index (χ3v) is 3.48. The van der Waals surface area contributed by atoms with E-state index in [0.717, 1.165) is 0 Å². The van der Waals surface area contributed by atoms with Crippen molar-refractivity contribution in [3.8, 4) is 0 Å². The maximum Gasteiger partial charge on any atom is 0.189 e. The van der Waals surface area contributed by atoms with Crippen LogP contribution in [0.4, 0.5) is 0 Å². The van der Waals surface area contributed by atoms with E-state index in [1.54, 1.807) is 7.11 Å². The topological polar surface area (TPSA) is 86.4 Å². The quantitative estimate of drug-likeness (QED) is 0.192. The maximum absolute atomic E-state index is 5.44. The Morgan fingerprint density at radius 2 is 0.852 bits per heavy atom. The summed E-state index contributed by atoms with van der Waals surface area (Å²) in [5.74, 6) is -0.368. The molecule has 0 radical (unpaired) electrons. The van der Waals surface area contributed by atoms with Gasteiger partial charge in [-0.05, 0) is 6.92 Å². The van der Waals surface area contributed by atoms with Crippen LogP contribution in [0.3, 0.4) is 0 Å². The first-order valence-electron chi connectivity index (χ1n) is 9.50. The Morgan fingerprint density at radius 1 is 0.556 bits per heavy atom. The van der Waals surface area contributed by atoms with Gasteiger partial charge in [0.1, 0.15) is 6.61 Å². The van der Waals surface area contributed by atoms with Gasteiger partial charge in [-0.3, -0.25) is 0 Å². The fraction of sp³-hybridized carbons (Fsp3) is 1.00. The van der Waals surface area contributed by atoms with Gasteiger partial charge in [0.15, 0.2) is 5.79 Å². The van der Waals surface area contributed by atoms with Gasteiger partial charge < -0.3 is 42.6 Å². The minimum Gasteiger partial charge on any atom is -0.382 e. The average molecular weight is 396 g/mol. The van der Waals surface area contributed by atoms with E-state index >= 15 is 0 Å². The van der Waals surface area contributed by atoms with Crippen LogP contribution in [0.25, 0.3) is 0 Å². The van der Waals surface area contributed by atoms with Gasteiger partial charge in [-0.15, -0.1) is 0 Å². The Kier molecular flexibility index (Phi) is 16.2. The van der Waals surface area contributed by atoms with Gasteiger partial charge in [-0.25, -0.2) is 0 Å². The second kappa shape index (κ2) is 17.7. The molecule has 1 unspecified atom stereocenters. The van der Waals surface area contributed by atoms with Gasteiger partial charge in [-0.1, -0.05) is 0 Å². The highest BCUT2D eigenvalue weighted by molar-refractivity contribution is 4.74. The van der Waals surface area contributed by atoms with E-state index in [1.807, 2.05) is 6.92 Å². The number of ether oxygens (including phenoxy) is 9. The lowest BCUT2D eigenvalue weighted by atomic mass is 10.5. The van der Waals surface area contributed by atoms with E-state index in [9.17, 15) is 0 Å². The Hall–Kier alpha value is -0.360. The fourth-order valence-corrected chi connectivity index (χ4v) is 1.85. The van der Waals surface area contributed by atoms with E-state index in [0.29, 0.717) is 99.1 Å². The van der Waals surface area contributed by atoms with Crippen molar-refractivity contribution in [2.24, 2.45) is 0 Å². The van der Waals surface area contributed by atoms with Crippen molar-refractivity contribution in [1.82, 2.24) is 0 Å². The minimum absolute atomic E-state index is 0.368. The zero-order valence-corrected chi connectivity index (χ0v) is 16.8. The number of rotatable bonds is 22. The molecule has 1 saturated heterocycles. The lowest BCUT2D eigenvalue weighted by molar-refractivity contribution is -0.0608. The zero-order chi connectivity index (χ0) is 19.5. The highest BCUT2D eigenvalue weighted by Gasteiger charge is 2.40. The molecule has 1 heterocycles. The van der Waals surface area contributed by atoms with Crippen LogP contribution < -0.4 is 0 Å². The molecule has 27 heavy (non-hydrogen) atoms. The van der Waals surface area contributed by atoms with E-state index in [1.165, 1.54) is 0 Å². The van der Waals surface area contributed by atoms with Crippen molar-refractivity contribution in [2.45, 2.75) is 12.7 Å². The van der Waals surface area contributed by atoms with Crippen LogP contribution in [0.15, 0.2) is 0 Å². The molecule has 1 rings (SSSR count). The second-order valence-electron chi connectivity index (χ2n) is 5.94. The summed E-state index contributed by atoms with van der Waals surface area (Å²) in [5, 5.41) is 0. The van der Waals surface area contributed by atoms with Crippen molar-refractivity contribution in [2.75, 3.05) is 106 Å². The van der Waals surface area contributed by atoms with Gasteiger partial charge in [0, 0.05) is 7.11 Å². The first kappa shape index (κ1) is 24.7. The molecular formula is C18H36O9. The van der Waals surface area contributed by atoms with Gasteiger partial charge in [0.25, 0.3) is 0 Å². The second-order valence-corrected chi connectivity index (χ2v) is 5.94. The predicted molar refractivity (Wildman–Crippen MR) is 97.1 cm³/mol. The molecule has 9 nitrogen and oxygen atoms in total. The average Bonchev–Trinajstić information content (AvgIpc) is 3.40. The van der Waals surface area contributed by atoms with Crippen LogP contribution >= 0.6 is 0 Å². The Labute approximate surface area is 162 Å². The molecule has 1 aliphatic rings. The molecule has 0 aliphatic carbocycles. The summed E-state index contributed by atoms with van der Waals surface area (Å²) in [6.45, 7) is 10.3. The largest absolute Gasteiger partial charge is 0.382 e. The predicted octanol–water partition coefficient (Wildman–Crippen LogP) is 0.495. The smallest absolute Gasteiger partial charge is 0.189 e. The van der Waals surface area contributed by atoms with Gasteiger partial charge in [-0.2, -0.15) is 0 Å². The molecule has 0 aromatic carbocycles. The number of epoxide rings is 1. The number of hydrogen-bond acceptors (Lipinski definition) is 9. The lowest BCUT2D eigenvalue weighted by Gasteiger charge is -2.09. The maximum atomic E-state index is 5.44. The van der Waals surface area contributed by atoms with Gasteiger partial charge in [0.05, 0.1) is 92.5 Å². The van der Waals surface area contributed by atoms with Crippen molar-refractivity contribution in [3.63, 3.8) is 0 Å². The molecule has 0 aromatic heterocycles. The Balaban J connectivity index is 1.61. The molecule has 9 heteroatoms. The van der Waals surface area contributed by atoms with E-state index in [-0.39, 0.29) is 5.79 Å². The van der Waals surface area contributed by atoms with E-state index in [2.05, 4.69) is 0 Å². The van der Waals surface area contributed by atoms with E-state index in [4.69, 9.17) is 42.6 Å². The highest BCUT2D eigenvalue weighted by Crippen LogP contribution is 2.26. The molecular weight excluding hydrogens is 360 g/mol. The Bertz CT molecular complexity index is 313. The summed E-state index contributed by atoms with van der Waals surface area (Å²) < 4.78 is 47.6. The zero-order valence-electron chi connectivity index (χ0n) is 16.8. The first-order chi connectivity index (χ1) is 13.3. The molecule has 1 fully saturated rings. The van der Waals surface area contributed by atoms with E-state index < -0.39 is 0 Å². The third kappa shape index (κ3) is 17.5. The monoisotopic (exact) mass is 396 g/mol. The van der Waals surface area contributed by atoms with Gasteiger partial charge in [0.2, 0.25) is 0 Å². The van der Waals surface area contributed by atoms with Crippen molar-refractivity contribution in [3.05, 3.63) is 0 Å².